The maximum absolute atomic E-state index is 8.95. The Morgan fingerprint density at radius 1 is 1.25 bits per heavy atom. The highest BCUT2D eigenvalue weighted by atomic mass is 16.3. The maximum atomic E-state index is 8.95. The van der Waals surface area contributed by atoms with Crippen molar-refractivity contribution in [2.75, 3.05) is 0 Å². The van der Waals surface area contributed by atoms with Gasteiger partial charge in [0.05, 0.1) is 6.20 Å². The minimum atomic E-state index is 0.137. The molecule has 0 unspecified atom stereocenters. The quantitative estimate of drug-likeness (QED) is 0.642. The first-order valence-electron chi connectivity index (χ1n) is 3.37. The van der Waals surface area contributed by atoms with E-state index in [9.17, 15) is 0 Å². The van der Waals surface area contributed by atoms with Gasteiger partial charge in [-0.3, -0.25) is 5.10 Å². The van der Waals surface area contributed by atoms with Crippen molar-refractivity contribution < 1.29 is 5.11 Å². The number of hydrogen-bond acceptors (Lipinski definition) is 4. The molecule has 0 aliphatic rings. The number of rotatable bonds is 1. The van der Waals surface area contributed by atoms with E-state index >= 15 is 0 Å². The average molecular weight is 162 g/mol. The molecular weight excluding hydrogens is 156 g/mol. The van der Waals surface area contributed by atoms with E-state index in [2.05, 4.69) is 20.2 Å². The van der Waals surface area contributed by atoms with Gasteiger partial charge < -0.3 is 5.11 Å². The summed E-state index contributed by atoms with van der Waals surface area (Å²) in [6, 6.07) is 3.21. The topological polar surface area (TPSA) is 74.7 Å². The molecule has 5 heteroatoms. The van der Waals surface area contributed by atoms with Gasteiger partial charge in [-0.25, -0.2) is 9.97 Å². The van der Waals surface area contributed by atoms with Gasteiger partial charge in [-0.2, -0.15) is 5.10 Å². The van der Waals surface area contributed by atoms with E-state index in [4.69, 9.17) is 5.11 Å². The number of nitrogens with one attached hydrogen (secondary N) is 1. The van der Waals surface area contributed by atoms with Crippen molar-refractivity contribution in [3.63, 3.8) is 0 Å². The number of H-pyrrole nitrogens is 1. The summed E-state index contributed by atoms with van der Waals surface area (Å²) < 4.78 is 0. The maximum Gasteiger partial charge on any atom is 0.174 e. The Hall–Kier alpha value is -1.91. The van der Waals surface area contributed by atoms with Crippen LogP contribution in [0.1, 0.15) is 0 Å². The molecule has 0 saturated carbocycles. The smallest absolute Gasteiger partial charge is 0.174 e. The summed E-state index contributed by atoms with van der Waals surface area (Å²) in [5, 5.41) is 15.3. The first-order chi connectivity index (χ1) is 5.86. The molecule has 0 atom stereocenters. The third-order valence-electron chi connectivity index (χ3n) is 1.41. The number of nitrogens with zero attached hydrogens (tertiary/aromatic N) is 3. The minimum absolute atomic E-state index is 0.137. The molecule has 0 saturated heterocycles. The highest BCUT2D eigenvalue weighted by Gasteiger charge is 2.00. The Morgan fingerprint density at radius 3 is 2.75 bits per heavy atom. The van der Waals surface area contributed by atoms with Crippen LogP contribution in [-0.4, -0.2) is 25.3 Å². The predicted molar refractivity (Wildman–Crippen MR) is 41.3 cm³/mol. The van der Waals surface area contributed by atoms with Gasteiger partial charge in [-0.15, -0.1) is 0 Å². The largest absolute Gasteiger partial charge is 0.506 e. The fourth-order valence-electron chi connectivity index (χ4n) is 0.855. The van der Waals surface area contributed by atoms with Crippen LogP contribution in [0.2, 0.25) is 0 Å². The normalized spacial score (nSPS) is 10.0. The van der Waals surface area contributed by atoms with Crippen LogP contribution in [0.5, 0.6) is 5.75 Å². The molecule has 2 N–H and O–H groups in total. The third kappa shape index (κ3) is 1.12. The number of aromatic amines is 1. The van der Waals surface area contributed by atoms with Gasteiger partial charge in [-0.05, 0) is 12.1 Å². The van der Waals surface area contributed by atoms with Crippen LogP contribution < -0.4 is 0 Å². The van der Waals surface area contributed by atoms with Crippen LogP contribution in [0.3, 0.4) is 0 Å². The SMILES string of the molecule is Oc1ccc(-c2ncn[nH]2)nc1. The summed E-state index contributed by atoms with van der Waals surface area (Å²) in [6.45, 7) is 0. The van der Waals surface area contributed by atoms with Crippen LogP contribution in [0, 0.1) is 0 Å². The van der Waals surface area contributed by atoms with Crippen molar-refractivity contribution in [1.82, 2.24) is 20.2 Å². The summed E-state index contributed by atoms with van der Waals surface area (Å²) >= 11 is 0. The van der Waals surface area contributed by atoms with E-state index in [-0.39, 0.29) is 5.75 Å². The molecule has 2 heterocycles. The van der Waals surface area contributed by atoms with Gasteiger partial charge in [0.1, 0.15) is 17.8 Å². The second-order valence-corrected chi connectivity index (χ2v) is 2.24. The van der Waals surface area contributed by atoms with Crippen molar-refractivity contribution in [2.45, 2.75) is 0 Å². The Bertz CT molecular complexity index is 353. The van der Waals surface area contributed by atoms with Gasteiger partial charge >= 0.3 is 0 Å². The van der Waals surface area contributed by atoms with Crippen molar-refractivity contribution in [1.29, 1.82) is 0 Å². The number of aromatic hydroxyl groups is 1. The molecule has 0 spiro atoms. The molecule has 0 radical (unpaired) electrons. The molecule has 12 heavy (non-hydrogen) atoms. The Morgan fingerprint density at radius 2 is 2.17 bits per heavy atom. The van der Waals surface area contributed by atoms with Crippen LogP contribution in [-0.2, 0) is 0 Å². The highest BCUT2D eigenvalue weighted by molar-refractivity contribution is 5.48. The summed E-state index contributed by atoms with van der Waals surface area (Å²) in [5.41, 5.74) is 0.658. The fourth-order valence-corrected chi connectivity index (χ4v) is 0.855. The second kappa shape index (κ2) is 2.61. The molecule has 0 aliphatic heterocycles. The van der Waals surface area contributed by atoms with E-state index in [0.29, 0.717) is 11.5 Å². The van der Waals surface area contributed by atoms with Gasteiger partial charge in [0.2, 0.25) is 0 Å². The van der Waals surface area contributed by atoms with E-state index in [1.807, 2.05) is 0 Å². The summed E-state index contributed by atoms with van der Waals surface area (Å²) in [5.74, 6) is 0.730. The van der Waals surface area contributed by atoms with Crippen LogP contribution in [0.25, 0.3) is 11.5 Å². The Kier molecular flexibility index (Phi) is 1.48. The molecule has 2 aromatic heterocycles. The molecule has 0 aliphatic carbocycles. The second-order valence-electron chi connectivity index (χ2n) is 2.24. The zero-order chi connectivity index (χ0) is 8.39. The van der Waals surface area contributed by atoms with Gasteiger partial charge in [0.15, 0.2) is 5.82 Å². The van der Waals surface area contributed by atoms with Gasteiger partial charge in [0.25, 0.3) is 0 Å². The third-order valence-corrected chi connectivity index (χ3v) is 1.41. The van der Waals surface area contributed by atoms with E-state index in [1.54, 1.807) is 12.1 Å². The average Bonchev–Trinajstić information content (AvgIpc) is 2.58. The first-order valence-corrected chi connectivity index (χ1v) is 3.37. The zero-order valence-corrected chi connectivity index (χ0v) is 6.10. The van der Waals surface area contributed by atoms with E-state index < -0.39 is 0 Å². The highest BCUT2D eigenvalue weighted by Crippen LogP contribution is 2.13. The molecule has 0 aromatic carbocycles. The van der Waals surface area contributed by atoms with Gasteiger partial charge in [0, 0.05) is 0 Å². The lowest BCUT2D eigenvalue weighted by atomic mass is 10.3. The monoisotopic (exact) mass is 162 g/mol. The number of pyridine rings is 1. The molecule has 60 valence electrons. The van der Waals surface area contributed by atoms with Gasteiger partial charge in [-0.1, -0.05) is 0 Å². The standard InChI is InChI=1S/C7H6N4O/c12-5-1-2-6(8-3-5)7-9-4-10-11-7/h1-4,12H,(H,9,10,11). The van der Waals surface area contributed by atoms with Crippen molar-refractivity contribution in [3.05, 3.63) is 24.7 Å². The lowest BCUT2D eigenvalue weighted by molar-refractivity contribution is 0.473. The van der Waals surface area contributed by atoms with Crippen LogP contribution in [0.15, 0.2) is 24.7 Å². The number of aromatic nitrogens is 4. The molecule has 0 amide bonds. The molecule has 0 bridgehead atoms. The first kappa shape index (κ1) is 6.78. The summed E-state index contributed by atoms with van der Waals surface area (Å²) in [4.78, 5) is 7.84. The summed E-state index contributed by atoms with van der Waals surface area (Å²) in [6.07, 6.45) is 2.77. The predicted octanol–water partition coefficient (Wildman–Crippen LogP) is 0.572. The lowest BCUT2D eigenvalue weighted by Crippen LogP contribution is -1.84. The molecule has 2 rings (SSSR count). The summed E-state index contributed by atoms with van der Waals surface area (Å²) in [7, 11) is 0. The molecule has 2 aromatic rings. The molecular formula is C7H6N4O. The molecule has 5 nitrogen and oxygen atoms in total. The fraction of sp³-hybridized carbons (Fsp3) is 0. The van der Waals surface area contributed by atoms with Crippen LogP contribution >= 0.6 is 0 Å². The Labute approximate surface area is 68.1 Å². The van der Waals surface area contributed by atoms with Crippen LogP contribution in [0.4, 0.5) is 0 Å². The van der Waals surface area contributed by atoms with Crippen molar-refractivity contribution in [2.24, 2.45) is 0 Å². The number of hydrogen-bond donors (Lipinski definition) is 2. The zero-order valence-electron chi connectivity index (χ0n) is 6.10. The minimum Gasteiger partial charge on any atom is -0.506 e. The van der Waals surface area contributed by atoms with Crippen molar-refractivity contribution >= 4 is 0 Å². The Balaban J connectivity index is 2.43. The van der Waals surface area contributed by atoms with E-state index in [1.165, 1.54) is 12.5 Å². The van der Waals surface area contributed by atoms with E-state index in [0.717, 1.165) is 0 Å². The van der Waals surface area contributed by atoms with Crippen molar-refractivity contribution in [3.8, 4) is 17.3 Å². The lowest BCUT2D eigenvalue weighted by Gasteiger charge is -1.93. The molecule has 0 fully saturated rings.